The quantitative estimate of drug-likeness (QED) is 0.652. The Morgan fingerprint density at radius 3 is 2.69 bits per heavy atom. The Balaban J connectivity index is 2.15. The van der Waals surface area contributed by atoms with Gasteiger partial charge in [0.2, 0.25) is 0 Å². The lowest BCUT2D eigenvalue weighted by atomic mass is 10.2. The van der Waals surface area contributed by atoms with Crippen LogP contribution in [0.3, 0.4) is 0 Å². The number of hydrogen-bond donors (Lipinski definition) is 1. The van der Waals surface area contributed by atoms with Gasteiger partial charge in [0, 0.05) is 18.8 Å². The fraction of sp³-hybridized carbons (Fsp3) is 0.273. The normalized spacial score (nSPS) is 21.9. The van der Waals surface area contributed by atoms with Gasteiger partial charge in [-0.2, -0.15) is 0 Å². The molecule has 2 heteroatoms. The van der Waals surface area contributed by atoms with Crippen LogP contribution >= 0.6 is 0 Å². The van der Waals surface area contributed by atoms with Crippen LogP contribution in [-0.4, -0.2) is 24.3 Å². The average Bonchev–Trinajstić information content (AvgIpc) is 2.19. The number of β-amino-alcohol motifs (C(OH)–C–C–N with tert-alkyl or cyclic N) is 1. The van der Waals surface area contributed by atoms with Gasteiger partial charge >= 0.3 is 0 Å². The van der Waals surface area contributed by atoms with E-state index in [1.807, 2.05) is 30.4 Å². The highest BCUT2D eigenvalue weighted by atomic mass is 16.3. The maximum absolute atomic E-state index is 9.41. The van der Waals surface area contributed by atoms with E-state index in [1.54, 1.807) is 0 Å². The van der Waals surface area contributed by atoms with Crippen molar-refractivity contribution in [1.82, 2.24) is 0 Å². The largest absolute Gasteiger partial charge is 0.387 e. The Labute approximate surface area is 78.1 Å². The third-order valence-corrected chi connectivity index (χ3v) is 2.21. The molecule has 0 fully saturated rings. The summed E-state index contributed by atoms with van der Waals surface area (Å²) in [6.45, 7) is 1.58. The van der Waals surface area contributed by atoms with E-state index in [-0.39, 0.29) is 6.10 Å². The molecule has 1 N–H and O–H groups in total. The van der Waals surface area contributed by atoms with Crippen molar-refractivity contribution in [3.8, 4) is 0 Å². The molecule has 1 unspecified atom stereocenters. The van der Waals surface area contributed by atoms with Crippen LogP contribution in [0, 0.1) is 0 Å². The topological polar surface area (TPSA) is 23.5 Å². The molecule has 0 aliphatic carbocycles. The highest BCUT2D eigenvalue weighted by Crippen LogP contribution is 2.15. The van der Waals surface area contributed by atoms with Crippen molar-refractivity contribution in [2.24, 2.45) is 0 Å². The molecule has 0 saturated carbocycles. The minimum atomic E-state index is -0.325. The number of hydrogen-bond acceptors (Lipinski definition) is 2. The van der Waals surface area contributed by atoms with Crippen molar-refractivity contribution in [1.29, 1.82) is 0 Å². The molecule has 1 aromatic rings. The van der Waals surface area contributed by atoms with Gasteiger partial charge in [0.25, 0.3) is 0 Å². The molecule has 0 spiro atoms. The molecule has 0 saturated heterocycles. The molecule has 13 heavy (non-hydrogen) atoms. The van der Waals surface area contributed by atoms with Crippen molar-refractivity contribution in [3.05, 3.63) is 42.5 Å². The van der Waals surface area contributed by atoms with Gasteiger partial charge in [-0.1, -0.05) is 30.4 Å². The molecule has 0 radical (unpaired) electrons. The first-order chi connectivity index (χ1) is 6.36. The summed E-state index contributed by atoms with van der Waals surface area (Å²) in [4.78, 5) is 2.16. The third kappa shape index (κ3) is 1.90. The second-order valence-corrected chi connectivity index (χ2v) is 3.24. The summed E-state index contributed by atoms with van der Waals surface area (Å²) in [7, 11) is 0. The van der Waals surface area contributed by atoms with Crippen LogP contribution in [-0.2, 0) is 0 Å². The minimum absolute atomic E-state index is 0.325. The van der Waals surface area contributed by atoms with Crippen molar-refractivity contribution in [2.75, 3.05) is 18.0 Å². The molecule has 0 amide bonds. The van der Waals surface area contributed by atoms with Gasteiger partial charge < -0.3 is 10.0 Å². The maximum Gasteiger partial charge on any atom is 0.0896 e. The Morgan fingerprint density at radius 2 is 2.00 bits per heavy atom. The van der Waals surface area contributed by atoms with Gasteiger partial charge in [0.15, 0.2) is 0 Å². The summed E-state index contributed by atoms with van der Waals surface area (Å²) in [5.41, 5.74) is 1.17. The summed E-state index contributed by atoms with van der Waals surface area (Å²) in [5, 5.41) is 9.41. The predicted octanol–water partition coefficient (Wildman–Crippen LogP) is 1.42. The lowest BCUT2D eigenvalue weighted by Gasteiger charge is -2.28. The predicted molar refractivity (Wildman–Crippen MR) is 53.8 cm³/mol. The molecule has 1 atom stereocenters. The van der Waals surface area contributed by atoms with Gasteiger partial charge in [-0.05, 0) is 12.1 Å². The molecule has 1 aliphatic heterocycles. The average molecular weight is 175 g/mol. The maximum atomic E-state index is 9.41. The van der Waals surface area contributed by atoms with Gasteiger partial charge in [-0.3, -0.25) is 0 Å². The zero-order chi connectivity index (χ0) is 9.10. The minimum Gasteiger partial charge on any atom is -0.387 e. The van der Waals surface area contributed by atoms with Gasteiger partial charge in [-0.25, -0.2) is 0 Å². The number of aliphatic hydroxyl groups is 1. The Kier molecular flexibility index (Phi) is 2.32. The molecule has 1 aliphatic rings. The van der Waals surface area contributed by atoms with Crippen LogP contribution in [0.15, 0.2) is 42.5 Å². The van der Waals surface area contributed by atoms with Crippen LogP contribution in [0.2, 0.25) is 0 Å². The summed E-state index contributed by atoms with van der Waals surface area (Å²) in [6, 6.07) is 10.2. The van der Waals surface area contributed by atoms with E-state index in [1.165, 1.54) is 5.69 Å². The molecule has 0 bridgehead atoms. The second kappa shape index (κ2) is 3.62. The monoisotopic (exact) mass is 175 g/mol. The van der Waals surface area contributed by atoms with Crippen molar-refractivity contribution < 1.29 is 5.11 Å². The van der Waals surface area contributed by atoms with E-state index >= 15 is 0 Å². The first-order valence-electron chi connectivity index (χ1n) is 4.51. The van der Waals surface area contributed by atoms with Crippen LogP contribution in [0.1, 0.15) is 0 Å². The Hall–Kier alpha value is -1.28. The van der Waals surface area contributed by atoms with Gasteiger partial charge in [0.05, 0.1) is 6.10 Å². The van der Waals surface area contributed by atoms with E-state index in [0.29, 0.717) is 6.54 Å². The highest BCUT2D eigenvalue weighted by Gasteiger charge is 2.12. The number of benzene rings is 1. The fourth-order valence-electron chi connectivity index (χ4n) is 1.56. The number of para-hydroxylation sites is 1. The van der Waals surface area contributed by atoms with Crippen LogP contribution in [0.25, 0.3) is 0 Å². The Bertz CT molecular complexity index is 294. The number of rotatable bonds is 1. The van der Waals surface area contributed by atoms with Gasteiger partial charge in [-0.15, -0.1) is 0 Å². The standard InChI is InChI=1S/C11H13NO/c13-11-7-4-8-12(9-11)10-5-2-1-3-6-10/h1-7,11,13H,8-9H2. The SMILES string of the molecule is OC1C=CCN(c2ccccc2)C1. The summed E-state index contributed by atoms with van der Waals surface area (Å²) < 4.78 is 0. The van der Waals surface area contributed by atoms with E-state index in [4.69, 9.17) is 0 Å². The molecule has 1 aromatic carbocycles. The summed E-state index contributed by atoms with van der Waals surface area (Å²) >= 11 is 0. The molecule has 2 rings (SSSR count). The molecular weight excluding hydrogens is 162 g/mol. The highest BCUT2D eigenvalue weighted by molar-refractivity contribution is 5.47. The molecule has 0 aromatic heterocycles. The summed E-state index contributed by atoms with van der Waals surface area (Å²) in [5.74, 6) is 0. The zero-order valence-corrected chi connectivity index (χ0v) is 7.43. The molecule has 2 nitrogen and oxygen atoms in total. The van der Waals surface area contributed by atoms with E-state index in [2.05, 4.69) is 17.0 Å². The fourth-order valence-corrected chi connectivity index (χ4v) is 1.56. The Morgan fingerprint density at radius 1 is 1.23 bits per heavy atom. The zero-order valence-electron chi connectivity index (χ0n) is 7.43. The second-order valence-electron chi connectivity index (χ2n) is 3.24. The third-order valence-electron chi connectivity index (χ3n) is 2.21. The first-order valence-corrected chi connectivity index (χ1v) is 4.51. The van der Waals surface area contributed by atoms with Crippen molar-refractivity contribution >= 4 is 5.69 Å². The van der Waals surface area contributed by atoms with Crippen molar-refractivity contribution in [2.45, 2.75) is 6.10 Å². The summed E-state index contributed by atoms with van der Waals surface area (Å²) in [6.07, 6.45) is 3.52. The van der Waals surface area contributed by atoms with E-state index < -0.39 is 0 Å². The van der Waals surface area contributed by atoms with Crippen LogP contribution in [0.4, 0.5) is 5.69 Å². The smallest absolute Gasteiger partial charge is 0.0896 e. The molecular formula is C11H13NO. The van der Waals surface area contributed by atoms with Gasteiger partial charge in [0.1, 0.15) is 0 Å². The number of nitrogens with zero attached hydrogens (tertiary/aromatic N) is 1. The van der Waals surface area contributed by atoms with E-state index in [9.17, 15) is 5.11 Å². The lowest BCUT2D eigenvalue weighted by Crippen LogP contribution is -2.34. The van der Waals surface area contributed by atoms with Crippen LogP contribution < -0.4 is 4.90 Å². The first kappa shape index (κ1) is 8.32. The van der Waals surface area contributed by atoms with Crippen LogP contribution in [0.5, 0.6) is 0 Å². The molecule has 68 valence electrons. The number of aliphatic hydroxyl groups excluding tert-OH is 1. The number of anilines is 1. The van der Waals surface area contributed by atoms with E-state index in [0.717, 1.165) is 6.54 Å². The molecule has 1 heterocycles. The van der Waals surface area contributed by atoms with Crippen molar-refractivity contribution in [3.63, 3.8) is 0 Å². The lowest BCUT2D eigenvalue weighted by molar-refractivity contribution is 0.224.